The number of methoxy groups -OCH3 is 1. The highest BCUT2D eigenvalue weighted by Crippen LogP contribution is 2.33. The van der Waals surface area contributed by atoms with E-state index in [1.165, 1.54) is 29.8 Å². The van der Waals surface area contributed by atoms with Crippen LogP contribution in [0, 0.1) is 0 Å². The molecule has 2 aromatic heterocycles. The lowest BCUT2D eigenvalue weighted by atomic mass is 10.0. The number of benzene rings is 1. The van der Waals surface area contributed by atoms with Crippen LogP contribution in [0.2, 0.25) is 0 Å². The van der Waals surface area contributed by atoms with Crippen molar-refractivity contribution in [1.82, 2.24) is 4.57 Å². The van der Waals surface area contributed by atoms with Crippen LogP contribution in [0.4, 0.5) is 0 Å². The minimum atomic E-state index is -0.589. The van der Waals surface area contributed by atoms with Gasteiger partial charge in [0.25, 0.3) is 5.56 Å². The molecule has 0 saturated carbocycles. The number of thiophene rings is 1. The highest BCUT2D eigenvalue weighted by atomic mass is 32.1. The predicted octanol–water partition coefficient (Wildman–Crippen LogP) is 2.65. The van der Waals surface area contributed by atoms with Gasteiger partial charge in [-0.05, 0) is 49.1 Å². The van der Waals surface area contributed by atoms with Crippen LogP contribution in [0.3, 0.4) is 0 Å². The van der Waals surface area contributed by atoms with Crippen LogP contribution in [-0.2, 0) is 14.3 Å². The number of fused-ring (bicyclic) bond motifs is 1. The van der Waals surface area contributed by atoms with E-state index in [0.29, 0.717) is 26.2 Å². The Morgan fingerprint density at radius 2 is 1.94 bits per heavy atom. The van der Waals surface area contributed by atoms with E-state index in [1.54, 1.807) is 48.8 Å². The Labute approximate surface area is 191 Å². The quantitative estimate of drug-likeness (QED) is 0.538. The van der Waals surface area contributed by atoms with Gasteiger partial charge in [-0.1, -0.05) is 29.5 Å². The molecule has 0 bridgehead atoms. The Morgan fingerprint density at radius 3 is 2.56 bits per heavy atom. The summed E-state index contributed by atoms with van der Waals surface area (Å²) in [5.41, 5.74) is 1.86. The Hall–Kier alpha value is -3.30. The SMILES string of the molecule is CCOC(=O)C1=C(C)N=c2s/c(=C\c3ccc(C(=O)OC)cc3)c(=O)n2[C@H]1c1cccs1. The molecule has 0 unspecified atom stereocenters. The van der Waals surface area contributed by atoms with E-state index in [4.69, 9.17) is 9.47 Å². The van der Waals surface area contributed by atoms with Gasteiger partial charge < -0.3 is 9.47 Å². The van der Waals surface area contributed by atoms with Crippen molar-refractivity contribution in [2.45, 2.75) is 19.9 Å². The van der Waals surface area contributed by atoms with Gasteiger partial charge in [-0.3, -0.25) is 9.36 Å². The van der Waals surface area contributed by atoms with Crippen molar-refractivity contribution in [2.75, 3.05) is 13.7 Å². The molecule has 0 fully saturated rings. The van der Waals surface area contributed by atoms with E-state index in [1.807, 2.05) is 17.5 Å². The smallest absolute Gasteiger partial charge is 0.338 e. The van der Waals surface area contributed by atoms with Gasteiger partial charge in [0.2, 0.25) is 0 Å². The fraction of sp³-hybridized carbons (Fsp3) is 0.217. The van der Waals surface area contributed by atoms with Crippen LogP contribution < -0.4 is 14.9 Å². The van der Waals surface area contributed by atoms with Crippen LogP contribution in [-0.4, -0.2) is 30.2 Å². The number of allylic oxidation sites excluding steroid dienone is 1. The van der Waals surface area contributed by atoms with Crippen LogP contribution in [0.15, 0.2) is 62.8 Å². The molecular weight excluding hydrogens is 448 g/mol. The Balaban J connectivity index is 1.85. The molecule has 0 radical (unpaired) electrons. The number of nitrogens with zero attached hydrogens (tertiary/aromatic N) is 2. The van der Waals surface area contributed by atoms with Crippen LogP contribution in [0.1, 0.15) is 40.7 Å². The second-order valence-electron chi connectivity index (χ2n) is 6.93. The number of hydrogen-bond acceptors (Lipinski definition) is 8. The second-order valence-corrected chi connectivity index (χ2v) is 8.92. The number of aromatic nitrogens is 1. The summed E-state index contributed by atoms with van der Waals surface area (Å²) in [6, 6.07) is 9.98. The maximum absolute atomic E-state index is 13.4. The number of carbonyl (C=O) groups is 2. The fourth-order valence-electron chi connectivity index (χ4n) is 3.49. The van der Waals surface area contributed by atoms with Gasteiger partial charge in [0, 0.05) is 4.88 Å². The lowest BCUT2D eigenvalue weighted by Gasteiger charge is -2.23. The largest absolute Gasteiger partial charge is 0.465 e. The average molecular weight is 469 g/mol. The summed E-state index contributed by atoms with van der Waals surface area (Å²) in [5.74, 6) is -0.895. The van der Waals surface area contributed by atoms with E-state index in [9.17, 15) is 14.4 Å². The Bertz CT molecular complexity index is 1380. The van der Waals surface area contributed by atoms with Crippen molar-refractivity contribution >= 4 is 40.7 Å². The molecule has 9 heteroatoms. The maximum atomic E-state index is 13.4. The number of esters is 2. The molecule has 1 aromatic carbocycles. The fourth-order valence-corrected chi connectivity index (χ4v) is 5.36. The number of hydrogen-bond donors (Lipinski definition) is 0. The number of carbonyl (C=O) groups excluding carboxylic acids is 2. The maximum Gasteiger partial charge on any atom is 0.338 e. The summed E-state index contributed by atoms with van der Waals surface area (Å²) in [6.07, 6.45) is 1.75. The van der Waals surface area contributed by atoms with Crippen LogP contribution in [0.25, 0.3) is 6.08 Å². The third-order valence-corrected chi connectivity index (χ3v) is 6.87. The number of rotatable bonds is 5. The van der Waals surface area contributed by atoms with Crippen molar-refractivity contribution in [3.05, 3.63) is 88.7 Å². The van der Waals surface area contributed by atoms with Crippen molar-refractivity contribution in [3.8, 4) is 0 Å². The average Bonchev–Trinajstić information content (AvgIpc) is 3.42. The molecule has 0 aliphatic carbocycles. The normalized spacial score (nSPS) is 15.8. The van der Waals surface area contributed by atoms with Crippen molar-refractivity contribution in [3.63, 3.8) is 0 Å². The lowest BCUT2D eigenvalue weighted by Crippen LogP contribution is -2.39. The summed E-state index contributed by atoms with van der Waals surface area (Å²) < 4.78 is 12.0. The number of ether oxygens (including phenoxy) is 2. The summed E-state index contributed by atoms with van der Waals surface area (Å²) in [5, 5.41) is 1.91. The zero-order chi connectivity index (χ0) is 22.8. The van der Waals surface area contributed by atoms with Crippen molar-refractivity contribution < 1.29 is 19.1 Å². The first-order chi connectivity index (χ1) is 15.4. The predicted molar refractivity (Wildman–Crippen MR) is 122 cm³/mol. The molecule has 3 heterocycles. The highest BCUT2D eigenvalue weighted by Gasteiger charge is 2.33. The van der Waals surface area contributed by atoms with Gasteiger partial charge in [-0.25, -0.2) is 14.6 Å². The van der Waals surface area contributed by atoms with Crippen LogP contribution >= 0.6 is 22.7 Å². The summed E-state index contributed by atoms with van der Waals surface area (Å²) in [6.45, 7) is 3.74. The van der Waals surface area contributed by atoms with Gasteiger partial charge in [0.15, 0.2) is 4.80 Å². The molecule has 1 atom stereocenters. The van der Waals surface area contributed by atoms with E-state index in [2.05, 4.69) is 4.99 Å². The van der Waals surface area contributed by atoms with Crippen molar-refractivity contribution in [2.24, 2.45) is 4.99 Å². The molecule has 1 aliphatic heterocycles. The highest BCUT2D eigenvalue weighted by molar-refractivity contribution is 7.10. The van der Waals surface area contributed by atoms with E-state index in [0.717, 1.165) is 10.4 Å². The van der Waals surface area contributed by atoms with E-state index < -0.39 is 18.0 Å². The molecule has 0 spiro atoms. The van der Waals surface area contributed by atoms with Gasteiger partial charge in [0.1, 0.15) is 6.04 Å². The minimum absolute atomic E-state index is 0.235. The third-order valence-electron chi connectivity index (χ3n) is 4.96. The van der Waals surface area contributed by atoms with Gasteiger partial charge in [-0.2, -0.15) is 0 Å². The lowest BCUT2D eigenvalue weighted by molar-refractivity contribution is -0.139. The van der Waals surface area contributed by atoms with Crippen molar-refractivity contribution in [1.29, 1.82) is 0 Å². The summed E-state index contributed by atoms with van der Waals surface area (Å²) in [4.78, 5) is 43.7. The Morgan fingerprint density at radius 1 is 1.19 bits per heavy atom. The Kier molecular flexibility index (Phi) is 6.20. The summed E-state index contributed by atoms with van der Waals surface area (Å²) in [7, 11) is 1.33. The molecule has 0 N–H and O–H groups in total. The molecule has 4 rings (SSSR count). The molecule has 1 aliphatic rings. The topological polar surface area (TPSA) is 87.0 Å². The molecule has 0 amide bonds. The molecule has 0 saturated heterocycles. The first-order valence-electron chi connectivity index (χ1n) is 9.86. The van der Waals surface area contributed by atoms with E-state index >= 15 is 0 Å². The van der Waals surface area contributed by atoms with Gasteiger partial charge in [-0.15, -0.1) is 11.3 Å². The van der Waals surface area contributed by atoms with Gasteiger partial charge in [0.05, 0.1) is 35.1 Å². The monoisotopic (exact) mass is 468 g/mol. The molecule has 3 aromatic rings. The first-order valence-corrected chi connectivity index (χ1v) is 11.6. The van der Waals surface area contributed by atoms with Crippen LogP contribution in [0.5, 0.6) is 0 Å². The molecule has 164 valence electrons. The molecular formula is C23H20N2O5S2. The van der Waals surface area contributed by atoms with Gasteiger partial charge >= 0.3 is 11.9 Å². The number of thiazole rings is 1. The third kappa shape index (κ3) is 3.96. The summed E-state index contributed by atoms with van der Waals surface area (Å²) >= 11 is 2.73. The zero-order valence-corrected chi connectivity index (χ0v) is 19.3. The first kappa shape index (κ1) is 21.9. The standard InChI is InChI=1S/C23H20N2O5S2/c1-4-30-22(28)18-13(2)24-23-25(19(18)16-6-5-11-31-16)20(26)17(32-23)12-14-7-9-15(10-8-14)21(27)29-3/h5-12,19H,4H2,1-3H3/b17-12-/t19-/m0/s1. The molecule has 32 heavy (non-hydrogen) atoms. The molecule has 7 nitrogen and oxygen atoms in total. The van der Waals surface area contributed by atoms with E-state index in [-0.39, 0.29) is 12.2 Å². The second kappa shape index (κ2) is 9.05. The minimum Gasteiger partial charge on any atom is -0.465 e. The zero-order valence-electron chi connectivity index (χ0n) is 17.7.